The zero-order chi connectivity index (χ0) is 13.7. The zero-order valence-electron chi connectivity index (χ0n) is 11.7. The third kappa shape index (κ3) is 4.56. The van der Waals surface area contributed by atoms with Gasteiger partial charge in [0.1, 0.15) is 0 Å². The molecule has 19 heavy (non-hydrogen) atoms. The Morgan fingerprint density at radius 3 is 2.89 bits per heavy atom. The molecule has 0 aromatic carbocycles. The highest BCUT2D eigenvalue weighted by Crippen LogP contribution is 2.13. The first kappa shape index (κ1) is 14.4. The number of amides is 1. The van der Waals surface area contributed by atoms with Crippen molar-refractivity contribution in [3.8, 4) is 0 Å². The quantitative estimate of drug-likeness (QED) is 0.864. The van der Waals surface area contributed by atoms with Crippen molar-refractivity contribution in [2.24, 2.45) is 0 Å². The minimum Gasteiger partial charge on any atom is -0.340 e. The summed E-state index contributed by atoms with van der Waals surface area (Å²) in [4.78, 5) is 21.7. The fraction of sp³-hybridized carbons (Fsp3) is 0.692. The van der Waals surface area contributed by atoms with Crippen LogP contribution in [0.2, 0.25) is 0 Å². The normalized spacial score (nSPS) is 16.1. The summed E-state index contributed by atoms with van der Waals surface area (Å²) < 4.78 is 0. The van der Waals surface area contributed by atoms with E-state index in [9.17, 15) is 4.79 Å². The molecule has 106 valence electrons. The van der Waals surface area contributed by atoms with Gasteiger partial charge >= 0.3 is 0 Å². The lowest BCUT2D eigenvalue weighted by molar-refractivity contribution is -0.132. The molecule has 6 heteroatoms. The molecule has 0 radical (unpaired) electrons. The Morgan fingerprint density at radius 1 is 1.53 bits per heavy atom. The Balaban J connectivity index is 1.70. The van der Waals surface area contributed by atoms with Crippen molar-refractivity contribution in [2.75, 3.05) is 39.8 Å². The second-order valence-electron chi connectivity index (χ2n) is 4.96. The number of piperazine rings is 1. The number of rotatable bonds is 5. The molecule has 0 spiro atoms. The van der Waals surface area contributed by atoms with E-state index in [1.54, 1.807) is 11.3 Å². The van der Waals surface area contributed by atoms with Crippen molar-refractivity contribution >= 4 is 17.2 Å². The molecule has 1 saturated heterocycles. The second-order valence-corrected chi connectivity index (χ2v) is 6.28. The Labute approximate surface area is 118 Å². The molecule has 2 rings (SSSR count). The van der Waals surface area contributed by atoms with Crippen LogP contribution in [-0.4, -0.2) is 60.5 Å². The summed E-state index contributed by atoms with van der Waals surface area (Å²) in [5.41, 5.74) is 0. The van der Waals surface area contributed by atoms with E-state index < -0.39 is 0 Å². The van der Waals surface area contributed by atoms with Gasteiger partial charge in [-0.3, -0.25) is 4.79 Å². The molecule has 0 bridgehead atoms. The predicted octanol–water partition coefficient (Wildman–Crippen LogP) is 0.705. The van der Waals surface area contributed by atoms with Crippen molar-refractivity contribution in [2.45, 2.75) is 19.9 Å². The van der Waals surface area contributed by atoms with Gasteiger partial charge in [-0.1, -0.05) is 0 Å². The second kappa shape index (κ2) is 6.98. The molecule has 1 aliphatic heterocycles. The molecule has 0 unspecified atom stereocenters. The molecular formula is C13H22N4OS. The smallest absolute Gasteiger partial charge is 0.223 e. The van der Waals surface area contributed by atoms with Gasteiger partial charge in [0, 0.05) is 56.8 Å². The lowest BCUT2D eigenvalue weighted by Gasteiger charge is -2.28. The van der Waals surface area contributed by atoms with Crippen molar-refractivity contribution in [3.05, 3.63) is 16.1 Å². The van der Waals surface area contributed by atoms with Crippen LogP contribution in [0.15, 0.2) is 6.20 Å². The summed E-state index contributed by atoms with van der Waals surface area (Å²) >= 11 is 1.72. The van der Waals surface area contributed by atoms with Crippen molar-refractivity contribution in [3.63, 3.8) is 0 Å². The van der Waals surface area contributed by atoms with Gasteiger partial charge in [0.05, 0.1) is 5.01 Å². The Bertz CT molecular complexity index is 415. The first-order valence-corrected chi connectivity index (χ1v) is 7.55. The summed E-state index contributed by atoms with van der Waals surface area (Å²) in [7, 11) is 2.06. The van der Waals surface area contributed by atoms with Crippen LogP contribution < -0.4 is 5.32 Å². The number of nitrogens with zero attached hydrogens (tertiary/aromatic N) is 3. The van der Waals surface area contributed by atoms with Crippen LogP contribution >= 0.6 is 11.3 Å². The van der Waals surface area contributed by atoms with Crippen LogP contribution in [0.4, 0.5) is 0 Å². The molecule has 1 aromatic rings. The van der Waals surface area contributed by atoms with Crippen LogP contribution in [0, 0.1) is 6.92 Å². The molecule has 5 nitrogen and oxygen atoms in total. The minimum absolute atomic E-state index is 0.272. The Hall–Kier alpha value is -0.980. The number of aryl methyl sites for hydroxylation is 1. The number of aromatic nitrogens is 1. The number of hydrogen-bond donors (Lipinski definition) is 1. The SMILES string of the molecule is Cc1ncc(CN(C)CCC(=O)N2CCNCC2)s1. The predicted molar refractivity (Wildman–Crippen MR) is 77.3 cm³/mol. The molecule has 0 atom stereocenters. The fourth-order valence-corrected chi connectivity index (χ4v) is 3.06. The molecule has 0 saturated carbocycles. The van der Waals surface area contributed by atoms with Crippen LogP contribution in [0.5, 0.6) is 0 Å². The van der Waals surface area contributed by atoms with E-state index in [0.717, 1.165) is 44.3 Å². The van der Waals surface area contributed by atoms with E-state index in [4.69, 9.17) is 0 Å². The summed E-state index contributed by atoms with van der Waals surface area (Å²) in [6.07, 6.45) is 2.53. The van der Waals surface area contributed by atoms with Gasteiger partial charge in [-0.2, -0.15) is 0 Å². The summed E-state index contributed by atoms with van der Waals surface area (Å²) in [5, 5.41) is 4.36. The van der Waals surface area contributed by atoms with E-state index in [-0.39, 0.29) is 5.91 Å². The first-order valence-electron chi connectivity index (χ1n) is 6.73. The average Bonchev–Trinajstić information content (AvgIpc) is 2.82. The van der Waals surface area contributed by atoms with Crippen LogP contribution in [0.3, 0.4) is 0 Å². The number of carbonyl (C=O) groups is 1. The van der Waals surface area contributed by atoms with Gasteiger partial charge in [-0.25, -0.2) is 4.98 Å². The van der Waals surface area contributed by atoms with E-state index in [1.165, 1.54) is 4.88 Å². The van der Waals surface area contributed by atoms with E-state index >= 15 is 0 Å². The molecule has 1 aromatic heterocycles. The van der Waals surface area contributed by atoms with Gasteiger partial charge in [0.25, 0.3) is 0 Å². The van der Waals surface area contributed by atoms with Crippen molar-refractivity contribution in [1.29, 1.82) is 0 Å². The molecule has 1 aliphatic rings. The summed E-state index contributed by atoms with van der Waals surface area (Å²) in [5.74, 6) is 0.272. The van der Waals surface area contributed by atoms with Gasteiger partial charge in [-0.05, 0) is 14.0 Å². The van der Waals surface area contributed by atoms with Gasteiger partial charge in [-0.15, -0.1) is 11.3 Å². The maximum atomic E-state index is 12.0. The minimum atomic E-state index is 0.272. The van der Waals surface area contributed by atoms with Crippen LogP contribution in [0.25, 0.3) is 0 Å². The fourth-order valence-electron chi connectivity index (χ4n) is 2.18. The number of thiazole rings is 1. The number of hydrogen-bond acceptors (Lipinski definition) is 5. The van der Waals surface area contributed by atoms with E-state index in [1.807, 2.05) is 18.0 Å². The molecule has 1 amide bonds. The third-order valence-corrected chi connectivity index (χ3v) is 4.17. The highest BCUT2D eigenvalue weighted by atomic mass is 32.1. The monoisotopic (exact) mass is 282 g/mol. The maximum absolute atomic E-state index is 12.0. The highest BCUT2D eigenvalue weighted by molar-refractivity contribution is 7.11. The lowest BCUT2D eigenvalue weighted by Crippen LogP contribution is -2.46. The van der Waals surface area contributed by atoms with Gasteiger partial charge < -0.3 is 15.1 Å². The molecule has 2 heterocycles. The molecule has 1 N–H and O–H groups in total. The number of carbonyl (C=O) groups excluding carboxylic acids is 1. The van der Waals surface area contributed by atoms with Crippen LogP contribution in [0.1, 0.15) is 16.3 Å². The van der Waals surface area contributed by atoms with Crippen molar-refractivity contribution in [1.82, 2.24) is 20.1 Å². The Morgan fingerprint density at radius 2 is 2.26 bits per heavy atom. The van der Waals surface area contributed by atoms with E-state index in [0.29, 0.717) is 6.42 Å². The topological polar surface area (TPSA) is 48.5 Å². The molecule has 1 fully saturated rings. The third-order valence-electron chi connectivity index (χ3n) is 3.27. The summed E-state index contributed by atoms with van der Waals surface area (Å²) in [6, 6.07) is 0. The average molecular weight is 282 g/mol. The highest BCUT2D eigenvalue weighted by Gasteiger charge is 2.16. The van der Waals surface area contributed by atoms with E-state index in [2.05, 4.69) is 22.2 Å². The molecular weight excluding hydrogens is 260 g/mol. The van der Waals surface area contributed by atoms with Gasteiger partial charge in [0.15, 0.2) is 0 Å². The Kier molecular flexibility index (Phi) is 5.30. The lowest BCUT2D eigenvalue weighted by atomic mass is 10.3. The maximum Gasteiger partial charge on any atom is 0.223 e. The molecule has 0 aliphatic carbocycles. The van der Waals surface area contributed by atoms with Crippen LogP contribution in [-0.2, 0) is 11.3 Å². The zero-order valence-corrected chi connectivity index (χ0v) is 12.5. The van der Waals surface area contributed by atoms with Gasteiger partial charge in [0.2, 0.25) is 5.91 Å². The number of nitrogens with one attached hydrogen (secondary N) is 1. The summed E-state index contributed by atoms with van der Waals surface area (Å²) in [6.45, 7) is 7.22. The standard InChI is InChI=1S/C13H22N4OS/c1-11-15-9-12(19-11)10-16(2)6-3-13(18)17-7-4-14-5-8-17/h9,14H,3-8,10H2,1-2H3. The van der Waals surface area contributed by atoms with Crippen molar-refractivity contribution < 1.29 is 4.79 Å². The first-order chi connectivity index (χ1) is 9.15. The largest absolute Gasteiger partial charge is 0.340 e.